The molecule has 0 atom stereocenters. The summed E-state index contributed by atoms with van der Waals surface area (Å²) >= 11 is 6.11. The smallest absolute Gasteiger partial charge is 0.0666 e. The van der Waals surface area contributed by atoms with Crippen molar-refractivity contribution in [2.24, 2.45) is 7.05 Å². The van der Waals surface area contributed by atoms with E-state index in [1.54, 1.807) is 0 Å². The molecule has 0 unspecified atom stereocenters. The van der Waals surface area contributed by atoms with Crippen LogP contribution < -0.4 is 5.32 Å². The van der Waals surface area contributed by atoms with Gasteiger partial charge in [0.05, 0.1) is 5.69 Å². The maximum atomic E-state index is 6.11. The van der Waals surface area contributed by atoms with Crippen molar-refractivity contribution in [2.75, 3.05) is 0 Å². The molecule has 4 heteroatoms. The van der Waals surface area contributed by atoms with E-state index in [1.807, 2.05) is 36.0 Å². The summed E-state index contributed by atoms with van der Waals surface area (Å²) in [6.45, 7) is 3.72. The third kappa shape index (κ3) is 3.12. The van der Waals surface area contributed by atoms with Gasteiger partial charge in [-0.25, -0.2) is 0 Å². The summed E-state index contributed by atoms with van der Waals surface area (Å²) in [6, 6.07) is 7.91. The van der Waals surface area contributed by atoms with Gasteiger partial charge in [0.15, 0.2) is 0 Å². The predicted molar refractivity (Wildman–Crippen MR) is 74.6 cm³/mol. The molecule has 0 aliphatic carbocycles. The van der Waals surface area contributed by atoms with Crippen LogP contribution in [0.2, 0.25) is 5.02 Å². The molecule has 1 aromatic heterocycles. The summed E-state index contributed by atoms with van der Waals surface area (Å²) in [7, 11) is 1.96. The Morgan fingerprint density at radius 2 is 1.94 bits per heavy atom. The minimum atomic E-state index is 0.776. The van der Waals surface area contributed by atoms with Crippen molar-refractivity contribution in [3.8, 4) is 0 Å². The van der Waals surface area contributed by atoms with Crippen LogP contribution in [-0.4, -0.2) is 9.78 Å². The lowest BCUT2D eigenvalue weighted by Gasteiger charge is -2.06. The summed E-state index contributed by atoms with van der Waals surface area (Å²) in [6.07, 6.45) is 3.03. The number of aromatic nitrogens is 2. The molecule has 2 aromatic rings. The average Bonchev–Trinajstić information content (AvgIpc) is 2.72. The van der Waals surface area contributed by atoms with Gasteiger partial charge in [0, 0.05) is 36.9 Å². The first-order chi connectivity index (χ1) is 8.70. The molecule has 0 amide bonds. The number of nitrogens with one attached hydrogen (secondary N) is 1. The van der Waals surface area contributed by atoms with Crippen LogP contribution in [-0.2, 0) is 26.6 Å². The van der Waals surface area contributed by atoms with E-state index in [0.29, 0.717) is 0 Å². The molecular formula is C14H18ClN3. The van der Waals surface area contributed by atoms with Gasteiger partial charge in [-0.2, -0.15) is 5.10 Å². The van der Waals surface area contributed by atoms with E-state index in [1.165, 1.54) is 5.56 Å². The standard InChI is InChI=1S/C14H18ClN3/c1-3-14-12(10-18(2)17-14)9-16-8-11-6-4-5-7-13(11)15/h4-7,10,16H,3,8-9H2,1-2H3. The normalized spacial score (nSPS) is 10.8. The van der Waals surface area contributed by atoms with Crippen LogP contribution in [0.3, 0.4) is 0 Å². The Morgan fingerprint density at radius 1 is 1.22 bits per heavy atom. The van der Waals surface area contributed by atoms with E-state index in [2.05, 4.69) is 23.5 Å². The first-order valence-corrected chi connectivity index (χ1v) is 6.54. The van der Waals surface area contributed by atoms with Crippen molar-refractivity contribution in [2.45, 2.75) is 26.4 Å². The third-order valence-corrected chi connectivity index (χ3v) is 3.28. The highest BCUT2D eigenvalue weighted by atomic mass is 35.5. The second-order valence-corrected chi connectivity index (χ2v) is 4.73. The number of aryl methyl sites for hydroxylation is 2. The van der Waals surface area contributed by atoms with Crippen LogP contribution in [0.15, 0.2) is 30.5 Å². The van der Waals surface area contributed by atoms with Gasteiger partial charge in [-0.3, -0.25) is 4.68 Å². The lowest BCUT2D eigenvalue weighted by molar-refractivity contribution is 0.688. The maximum absolute atomic E-state index is 6.11. The fourth-order valence-electron chi connectivity index (χ4n) is 2.00. The van der Waals surface area contributed by atoms with Crippen LogP contribution in [0.25, 0.3) is 0 Å². The largest absolute Gasteiger partial charge is 0.308 e. The fourth-order valence-corrected chi connectivity index (χ4v) is 2.21. The molecule has 1 N–H and O–H groups in total. The number of nitrogens with zero attached hydrogens (tertiary/aromatic N) is 2. The Balaban J connectivity index is 1.94. The first kappa shape index (κ1) is 13.1. The van der Waals surface area contributed by atoms with E-state index in [9.17, 15) is 0 Å². The van der Waals surface area contributed by atoms with Gasteiger partial charge in [-0.05, 0) is 18.1 Å². The molecule has 0 aliphatic rings. The highest BCUT2D eigenvalue weighted by Gasteiger charge is 2.05. The number of halogens is 1. The summed E-state index contributed by atoms with van der Waals surface area (Å²) < 4.78 is 1.87. The van der Waals surface area contributed by atoms with Crippen molar-refractivity contribution in [3.63, 3.8) is 0 Å². The summed E-state index contributed by atoms with van der Waals surface area (Å²) in [5.41, 5.74) is 3.54. The quantitative estimate of drug-likeness (QED) is 0.899. The molecule has 0 radical (unpaired) electrons. The van der Waals surface area contributed by atoms with E-state index in [-0.39, 0.29) is 0 Å². The molecule has 0 saturated carbocycles. The minimum Gasteiger partial charge on any atom is -0.308 e. The van der Waals surface area contributed by atoms with Gasteiger partial charge in [0.25, 0.3) is 0 Å². The Kier molecular flexibility index (Phi) is 4.39. The lowest BCUT2D eigenvalue weighted by Crippen LogP contribution is -2.13. The van der Waals surface area contributed by atoms with Crippen molar-refractivity contribution in [3.05, 3.63) is 52.3 Å². The van der Waals surface area contributed by atoms with Crippen molar-refractivity contribution in [1.82, 2.24) is 15.1 Å². The molecular weight excluding hydrogens is 246 g/mol. The van der Waals surface area contributed by atoms with Crippen LogP contribution in [0.4, 0.5) is 0 Å². The van der Waals surface area contributed by atoms with Gasteiger partial charge in [-0.1, -0.05) is 36.7 Å². The summed E-state index contributed by atoms with van der Waals surface area (Å²) in [5.74, 6) is 0. The van der Waals surface area contributed by atoms with Crippen LogP contribution in [0, 0.1) is 0 Å². The second-order valence-electron chi connectivity index (χ2n) is 4.32. The van der Waals surface area contributed by atoms with Crippen molar-refractivity contribution >= 4 is 11.6 Å². The Labute approximate surface area is 113 Å². The van der Waals surface area contributed by atoms with E-state index in [4.69, 9.17) is 11.6 Å². The maximum Gasteiger partial charge on any atom is 0.0666 e. The van der Waals surface area contributed by atoms with Gasteiger partial charge in [0.1, 0.15) is 0 Å². The molecule has 0 saturated heterocycles. The van der Waals surface area contributed by atoms with Gasteiger partial charge in [-0.15, -0.1) is 0 Å². The molecule has 1 aromatic carbocycles. The van der Waals surface area contributed by atoms with Gasteiger partial charge < -0.3 is 5.32 Å². The van der Waals surface area contributed by atoms with Gasteiger partial charge >= 0.3 is 0 Å². The second kappa shape index (κ2) is 6.03. The molecule has 18 heavy (non-hydrogen) atoms. The molecule has 0 fully saturated rings. The zero-order valence-corrected chi connectivity index (χ0v) is 11.5. The van der Waals surface area contributed by atoms with Crippen molar-refractivity contribution in [1.29, 1.82) is 0 Å². The van der Waals surface area contributed by atoms with E-state index >= 15 is 0 Å². The molecule has 3 nitrogen and oxygen atoms in total. The molecule has 0 bridgehead atoms. The Morgan fingerprint density at radius 3 is 2.67 bits per heavy atom. The number of benzene rings is 1. The minimum absolute atomic E-state index is 0.776. The van der Waals surface area contributed by atoms with Gasteiger partial charge in [0.2, 0.25) is 0 Å². The molecule has 96 valence electrons. The Bertz CT molecular complexity index is 520. The lowest BCUT2D eigenvalue weighted by atomic mass is 10.2. The van der Waals surface area contributed by atoms with E-state index < -0.39 is 0 Å². The highest BCUT2D eigenvalue weighted by molar-refractivity contribution is 6.31. The fraction of sp³-hybridized carbons (Fsp3) is 0.357. The molecule has 2 rings (SSSR count). The summed E-state index contributed by atoms with van der Waals surface area (Å²) in [4.78, 5) is 0. The zero-order chi connectivity index (χ0) is 13.0. The first-order valence-electron chi connectivity index (χ1n) is 6.16. The molecule has 0 aliphatic heterocycles. The van der Waals surface area contributed by atoms with Crippen LogP contribution >= 0.6 is 11.6 Å². The number of hydrogen-bond donors (Lipinski definition) is 1. The van der Waals surface area contributed by atoms with Crippen molar-refractivity contribution < 1.29 is 0 Å². The highest BCUT2D eigenvalue weighted by Crippen LogP contribution is 2.14. The molecule has 0 spiro atoms. The molecule has 1 heterocycles. The van der Waals surface area contributed by atoms with Crippen LogP contribution in [0.5, 0.6) is 0 Å². The Hall–Kier alpha value is -1.32. The SMILES string of the molecule is CCc1nn(C)cc1CNCc1ccccc1Cl. The number of rotatable bonds is 5. The topological polar surface area (TPSA) is 29.9 Å². The van der Waals surface area contributed by atoms with E-state index in [0.717, 1.165) is 35.8 Å². The average molecular weight is 264 g/mol. The zero-order valence-electron chi connectivity index (χ0n) is 10.8. The monoisotopic (exact) mass is 263 g/mol. The summed E-state index contributed by atoms with van der Waals surface area (Å²) in [5, 5.41) is 8.64. The predicted octanol–water partition coefficient (Wildman–Crippen LogP) is 2.93. The number of hydrogen-bond acceptors (Lipinski definition) is 2. The van der Waals surface area contributed by atoms with Crippen LogP contribution in [0.1, 0.15) is 23.7 Å². The third-order valence-electron chi connectivity index (χ3n) is 2.92.